The maximum atomic E-state index is 13.0. The van der Waals surface area contributed by atoms with Crippen LogP contribution in [0.25, 0.3) is 0 Å². The minimum Gasteiger partial charge on any atom is -0.396 e. The predicted octanol–water partition coefficient (Wildman–Crippen LogP) is -2.86. The van der Waals surface area contributed by atoms with Crippen molar-refractivity contribution >= 4 is 5.78 Å². The highest BCUT2D eigenvalue weighted by atomic mass is 16.8. The molecule has 5 heterocycles. The van der Waals surface area contributed by atoms with E-state index in [4.69, 9.17) is 42.6 Å². The Morgan fingerprint density at radius 2 is 1.36 bits per heavy atom. The number of ketones is 1. The van der Waals surface area contributed by atoms with Crippen molar-refractivity contribution in [2.24, 2.45) is 33.5 Å². The van der Waals surface area contributed by atoms with Gasteiger partial charge in [-0.25, -0.2) is 0 Å². The number of fused-ring (bicyclic) bond motifs is 5. The molecule has 25 atom stereocenters. The molecule has 0 unspecified atom stereocenters. The monoisotopic (exact) mass is 1060 g/mol. The number of carbonyl (C=O) groups excluding carboxylic acids is 1. The smallest absolute Gasteiger partial charge is 0.187 e. The number of ether oxygens (including phenoxy) is 9. The van der Waals surface area contributed by atoms with Gasteiger partial charge in [0.25, 0.3) is 0 Å². The molecular weight excluding hydrogens is 981 g/mol. The van der Waals surface area contributed by atoms with Gasteiger partial charge in [0.05, 0.1) is 58.0 Å². The third-order valence-electron chi connectivity index (χ3n) is 20.3. The van der Waals surface area contributed by atoms with Crippen LogP contribution in [0.4, 0.5) is 0 Å². The number of carbonyl (C=O) groups is 1. The van der Waals surface area contributed by atoms with E-state index in [1.165, 1.54) is 11.1 Å². The zero-order valence-corrected chi connectivity index (χ0v) is 43.0. The van der Waals surface area contributed by atoms with Gasteiger partial charge in [-0.2, -0.15) is 0 Å². The van der Waals surface area contributed by atoms with E-state index < -0.39 is 179 Å². The Bertz CT molecular complexity index is 2030. The van der Waals surface area contributed by atoms with Gasteiger partial charge in [-0.3, -0.25) is 4.79 Å². The molecule has 0 bridgehead atoms. The lowest BCUT2D eigenvalue weighted by atomic mass is 9.42. The van der Waals surface area contributed by atoms with E-state index in [9.17, 15) is 71.2 Å². The van der Waals surface area contributed by atoms with E-state index in [2.05, 4.69) is 27.7 Å². The molecule has 7 fully saturated rings. The Morgan fingerprint density at radius 1 is 0.689 bits per heavy atom. The van der Waals surface area contributed by atoms with Crippen LogP contribution >= 0.6 is 0 Å². The summed E-state index contributed by atoms with van der Waals surface area (Å²) in [6.07, 6.45) is -22.1. The first-order valence-corrected chi connectivity index (χ1v) is 26.6. The van der Waals surface area contributed by atoms with Crippen molar-refractivity contribution in [1.29, 1.82) is 0 Å². The van der Waals surface area contributed by atoms with Crippen LogP contribution in [0.2, 0.25) is 0 Å². The summed E-state index contributed by atoms with van der Waals surface area (Å²) < 4.78 is 54.1. The highest BCUT2D eigenvalue weighted by molar-refractivity contribution is 5.83. The molecule has 2 saturated carbocycles. The summed E-state index contributed by atoms with van der Waals surface area (Å²) in [5, 5.41) is 141. The maximum Gasteiger partial charge on any atom is 0.187 e. The van der Waals surface area contributed by atoms with Crippen molar-refractivity contribution in [3.63, 3.8) is 0 Å². The van der Waals surface area contributed by atoms with Crippen LogP contribution in [0, 0.1) is 33.5 Å². The van der Waals surface area contributed by atoms with E-state index >= 15 is 0 Å². The van der Waals surface area contributed by atoms with E-state index in [-0.39, 0.29) is 28.4 Å². The van der Waals surface area contributed by atoms with Gasteiger partial charge in [0, 0.05) is 17.3 Å². The number of hydrogen-bond donors (Lipinski definition) is 13. The number of rotatable bonds is 15. The van der Waals surface area contributed by atoms with Crippen molar-refractivity contribution in [3.8, 4) is 0 Å². The second kappa shape index (κ2) is 21.2. The quantitative estimate of drug-likeness (QED) is 0.0734. The fraction of sp³-hybridized carbons (Fsp3) is 0.941. The Balaban J connectivity index is 0.902. The molecule has 0 aromatic rings. The summed E-state index contributed by atoms with van der Waals surface area (Å²) in [6, 6.07) is 0. The Kier molecular flexibility index (Phi) is 16.4. The van der Waals surface area contributed by atoms with Crippen molar-refractivity contribution in [2.45, 2.75) is 221 Å². The maximum absolute atomic E-state index is 13.0. The molecular formula is C51H82O23. The molecule has 424 valence electrons. The molecule has 13 N–H and O–H groups in total. The molecule has 0 amide bonds. The largest absolute Gasteiger partial charge is 0.396 e. The first-order valence-electron chi connectivity index (χ1n) is 26.6. The van der Waals surface area contributed by atoms with Crippen molar-refractivity contribution in [1.82, 2.24) is 0 Å². The van der Waals surface area contributed by atoms with Gasteiger partial charge in [-0.05, 0) is 80.5 Å². The highest BCUT2D eigenvalue weighted by Crippen LogP contribution is 2.75. The first-order chi connectivity index (χ1) is 35.0. The number of aliphatic hydroxyl groups is 13. The SMILES string of the molecule is CCC(=O)[C@@H]1C[C@H](C)[C@@]2(CC[C@]3(C)C4=C(CC[C@]32C)[C@]2(C)CC[C@@H](O[C@@H]3O[C@H](CO[C@@H]5OC[C@@H](O)[C@H](O)[C@@H]5O[C@H]5O[C@@H](CO)[C@H](O)[C@@H](O)[C@@H]5O[C@@H]5OC[C@@](O)(CO)[C@H]5O)[C@@H](O)[C@@H](O)[C@H]3O)C(CO)(CO)[C@H]2CC4)O1. The normalized spacial score (nSPS) is 52.2. The third-order valence-corrected chi connectivity index (χ3v) is 20.3. The van der Waals surface area contributed by atoms with Crippen LogP contribution in [0.5, 0.6) is 0 Å². The molecule has 5 saturated heterocycles. The fourth-order valence-electron chi connectivity index (χ4n) is 15.5. The van der Waals surface area contributed by atoms with Gasteiger partial charge in [0.15, 0.2) is 30.9 Å². The molecule has 23 heteroatoms. The van der Waals surface area contributed by atoms with E-state index in [0.29, 0.717) is 25.7 Å². The Hall–Kier alpha value is -1.47. The highest BCUT2D eigenvalue weighted by Gasteiger charge is 2.72. The summed E-state index contributed by atoms with van der Waals surface area (Å²) in [6.45, 7) is 6.67. The Morgan fingerprint density at radius 3 is 2.03 bits per heavy atom. The van der Waals surface area contributed by atoms with Gasteiger partial charge in [-0.15, -0.1) is 0 Å². The molecule has 0 aromatic carbocycles. The molecule has 9 aliphatic rings. The lowest BCUT2D eigenvalue weighted by Gasteiger charge is -2.64. The lowest BCUT2D eigenvalue weighted by molar-refractivity contribution is -0.378. The summed E-state index contributed by atoms with van der Waals surface area (Å²) in [5.74, 6) is 0.0850. The van der Waals surface area contributed by atoms with E-state index in [0.717, 1.165) is 38.5 Å². The summed E-state index contributed by atoms with van der Waals surface area (Å²) >= 11 is 0. The van der Waals surface area contributed by atoms with Crippen LogP contribution in [-0.4, -0.2) is 240 Å². The zero-order chi connectivity index (χ0) is 53.7. The van der Waals surface area contributed by atoms with Gasteiger partial charge >= 0.3 is 0 Å². The number of Topliss-reactive ketones (excluding diaryl/α,β-unsaturated/α-hetero) is 1. The first kappa shape index (κ1) is 57.2. The minimum atomic E-state index is -2.15. The van der Waals surface area contributed by atoms with Gasteiger partial charge < -0.3 is 109 Å². The van der Waals surface area contributed by atoms with Gasteiger partial charge in [0.1, 0.15) is 85.0 Å². The van der Waals surface area contributed by atoms with Crippen LogP contribution in [0.1, 0.15) is 98.8 Å². The van der Waals surface area contributed by atoms with Crippen molar-refractivity contribution in [3.05, 3.63) is 11.1 Å². The fourth-order valence-corrected chi connectivity index (χ4v) is 15.5. The summed E-state index contributed by atoms with van der Waals surface area (Å²) in [7, 11) is 0. The topological polar surface area (TPSA) is 363 Å². The van der Waals surface area contributed by atoms with Gasteiger partial charge in [0.2, 0.25) is 0 Å². The van der Waals surface area contributed by atoms with Crippen LogP contribution in [-0.2, 0) is 47.4 Å². The number of allylic oxidation sites excluding steroid dienone is 2. The zero-order valence-electron chi connectivity index (χ0n) is 43.0. The van der Waals surface area contributed by atoms with Crippen LogP contribution < -0.4 is 0 Å². The summed E-state index contributed by atoms with van der Waals surface area (Å²) in [5.41, 5.74) is -1.93. The van der Waals surface area contributed by atoms with Crippen LogP contribution in [0.3, 0.4) is 0 Å². The van der Waals surface area contributed by atoms with Crippen molar-refractivity contribution in [2.75, 3.05) is 46.2 Å². The number of hydrogen-bond acceptors (Lipinski definition) is 23. The predicted molar refractivity (Wildman–Crippen MR) is 250 cm³/mol. The molecule has 5 aliphatic heterocycles. The van der Waals surface area contributed by atoms with E-state index in [1.807, 2.05) is 6.92 Å². The minimum absolute atomic E-state index is 0.146. The molecule has 0 radical (unpaired) electrons. The Labute approximate surface area is 430 Å². The standard InChI is InChI=1S/C51H82O23/c1-6-26(56)28-15-23(2)51(74-28)14-13-47(4)25-7-8-31-46(3,24(25)9-12-48(47,51)5)11-10-32(49(31,19-53)20-54)71-42-38(63)36(61)35(60)30(70-42)18-67-43-39(33(58)27(57)17-66-43)72-44-40(37(62)34(59)29(16-52)69-44)73-45-41(64)50(65,21-55)22-68-45/h23,27-45,52-55,57-65H,6-22H2,1-5H3/t23-,27+,28-,29-,30+,31-,32+,33-,34-,35+,36+,37+,38+,39-,40-,41-,42-,43-,44+,45-,46-,47+,48+,50-,51+/m0/s1. The lowest BCUT2D eigenvalue weighted by Crippen LogP contribution is -2.65. The molecule has 0 aromatic heterocycles. The summed E-state index contributed by atoms with van der Waals surface area (Å²) in [4.78, 5) is 13.0. The van der Waals surface area contributed by atoms with Gasteiger partial charge in [-0.1, -0.05) is 45.8 Å². The molecule has 1 spiro atoms. The van der Waals surface area contributed by atoms with E-state index in [1.54, 1.807) is 0 Å². The molecule has 23 nitrogen and oxygen atoms in total. The second-order valence-corrected chi connectivity index (χ2v) is 23.7. The molecule has 4 aliphatic carbocycles. The average Bonchev–Trinajstić information content (AvgIpc) is 3.98. The second-order valence-electron chi connectivity index (χ2n) is 23.7. The third kappa shape index (κ3) is 8.83. The van der Waals surface area contributed by atoms with Crippen LogP contribution in [0.15, 0.2) is 11.1 Å². The average molecular weight is 1060 g/mol. The molecule has 74 heavy (non-hydrogen) atoms. The number of aliphatic hydroxyl groups excluding tert-OH is 12. The molecule has 9 rings (SSSR count). The van der Waals surface area contributed by atoms with Crippen molar-refractivity contribution < 1.29 is 114 Å².